The van der Waals surface area contributed by atoms with Gasteiger partial charge in [0, 0.05) is 19.2 Å². The van der Waals surface area contributed by atoms with E-state index in [1.165, 1.54) is 16.1 Å². The molecule has 0 spiro atoms. The summed E-state index contributed by atoms with van der Waals surface area (Å²) in [6, 6.07) is 2.25. The molecule has 2 aliphatic rings. The number of likely N-dealkylation sites (N-methyl/N-ethyl adjacent to an activating group) is 1. The van der Waals surface area contributed by atoms with Gasteiger partial charge in [-0.2, -0.15) is 0 Å². The van der Waals surface area contributed by atoms with Gasteiger partial charge in [-0.05, 0) is 25.5 Å². The Hall–Kier alpha value is -1.65. The Balaban J connectivity index is 1.74. The van der Waals surface area contributed by atoms with Crippen molar-refractivity contribution in [3.05, 3.63) is 29.1 Å². The predicted molar refractivity (Wildman–Crippen MR) is 103 cm³/mol. The van der Waals surface area contributed by atoms with Crippen molar-refractivity contribution in [1.82, 2.24) is 9.80 Å². The SMILES string of the molecule is CC(C(=O)N(C)C1CCS(=O)(=O)C1)N1C(=O)/C(=C\c2ccco2)SC1=S. The minimum absolute atomic E-state index is 0.0429. The fourth-order valence-electron chi connectivity index (χ4n) is 2.98. The molecule has 140 valence electrons. The second-order valence-electron chi connectivity index (χ2n) is 6.25. The Morgan fingerprint density at radius 3 is 2.85 bits per heavy atom. The number of carbonyl (C=O) groups excluding carboxylic acids is 2. The maximum Gasteiger partial charge on any atom is 0.267 e. The first-order valence-electron chi connectivity index (χ1n) is 7.97. The third-order valence-corrected chi connectivity index (χ3v) is 7.57. The Bertz CT molecular complexity index is 876. The Labute approximate surface area is 161 Å². The van der Waals surface area contributed by atoms with Crippen molar-refractivity contribution in [1.29, 1.82) is 0 Å². The third kappa shape index (κ3) is 3.72. The van der Waals surface area contributed by atoms with E-state index in [1.54, 1.807) is 32.2 Å². The van der Waals surface area contributed by atoms with E-state index in [-0.39, 0.29) is 29.4 Å². The first-order chi connectivity index (χ1) is 12.2. The molecule has 2 atom stereocenters. The van der Waals surface area contributed by atoms with Crippen molar-refractivity contribution in [2.75, 3.05) is 18.6 Å². The standard InChI is InChI=1S/C16H18N2O5S3/c1-10(14(19)17(2)11-5-7-26(21,22)9-11)18-15(20)13(25-16(18)24)8-12-4-3-6-23-12/h3-4,6,8,10-11H,5,7,9H2,1-2H3/b13-8+. The number of amides is 2. The molecule has 1 aromatic heterocycles. The van der Waals surface area contributed by atoms with E-state index in [0.29, 0.717) is 21.4 Å². The van der Waals surface area contributed by atoms with Crippen LogP contribution in [-0.4, -0.2) is 65.0 Å². The van der Waals surface area contributed by atoms with E-state index >= 15 is 0 Å². The molecule has 2 unspecified atom stereocenters. The minimum Gasteiger partial charge on any atom is -0.465 e. The summed E-state index contributed by atoms with van der Waals surface area (Å²) >= 11 is 6.39. The molecule has 0 N–H and O–H groups in total. The van der Waals surface area contributed by atoms with Crippen LogP contribution in [0.3, 0.4) is 0 Å². The monoisotopic (exact) mass is 414 g/mol. The number of thioether (sulfide) groups is 1. The van der Waals surface area contributed by atoms with E-state index in [1.807, 2.05) is 0 Å². The molecule has 2 aliphatic heterocycles. The summed E-state index contributed by atoms with van der Waals surface area (Å²) in [5, 5.41) is 0. The Kier molecular flexibility index (Phi) is 5.27. The molecule has 0 aromatic carbocycles. The number of nitrogens with zero attached hydrogens (tertiary/aromatic N) is 2. The highest BCUT2D eigenvalue weighted by molar-refractivity contribution is 8.26. The van der Waals surface area contributed by atoms with Crippen molar-refractivity contribution in [2.45, 2.75) is 25.4 Å². The molecule has 3 rings (SSSR count). The lowest BCUT2D eigenvalue weighted by Crippen LogP contribution is -2.50. The van der Waals surface area contributed by atoms with Crippen LogP contribution in [0.1, 0.15) is 19.1 Å². The topological polar surface area (TPSA) is 87.9 Å². The van der Waals surface area contributed by atoms with Gasteiger partial charge in [-0.1, -0.05) is 24.0 Å². The average Bonchev–Trinajstić information content (AvgIpc) is 3.27. The molecule has 3 heterocycles. The van der Waals surface area contributed by atoms with Crippen molar-refractivity contribution < 1.29 is 22.4 Å². The summed E-state index contributed by atoms with van der Waals surface area (Å²) < 4.78 is 28.8. The first-order valence-corrected chi connectivity index (χ1v) is 11.0. The molecule has 2 saturated heterocycles. The summed E-state index contributed by atoms with van der Waals surface area (Å²) in [4.78, 5) is 28.5. The quantitative estimate of drug-likeness (QED) is 0.545. The van der Waals surface area contributed by atoms with Crippen molar-refractivity contribution in [2.24, 2.45) is 0 Å². The Morgan fingerprint density at radius 1 is 1.54 bits per heavy atom. The van der Waals surface area contributed by atoms with Crippen LogP contribution in [0.4, 0.5) is 0 Å². The molecular weight excluding hydrogens is 396 g/mol. The summed E-state index contributed by atoms with van der Waals surface area (Å²) in [5.74, 6) is -0.125. The number of rotatable bonds is 4. The highest BCUT2D eigenvalue weighted by Gasteiger charge is 2.41. The third-order valence-electron chi connectivity index (χ3n) is 4.49. The average molecular weight is 415 g/mol. The number of hydrogen-bond acceptors (Lipinski definition) is 7. The van der Waals surface area contributed by atoms with Gasteiger partial charge in [0.1, 0.15) is 16.1 Å². The molecule has 2 fully saturated rings. The van der Waals surface area contributed by atoms with Gasteiger partial charge in [0.25, 0.3) is 5.91 Å². The van der Waals surface area contributed by atoms with Crippen LogP contribution in [0.15, 0.2) is 27.7 Å². The summed E-state index contributed by atoms with van der Waals surface area (Å²) in [5.41, 5.74) is 0. The van der Waals surface area contributed by atoms with Crippen LogP contribution in [0.5, 0.6) is 0 Å². The van der Waals surface area contributed by atoms with Crippen LogP contribution in [0, 0.1) is 0 Å². The number of furan rings is 1. The zero-order valence-corrected chi connectivity index (χ0v) is 16.7. The van der Waals surface area contributed by atoms with Crippen LogP contribution in [0.25, 0.3) is 6.08 Å². The molecule has 26 heavy (non-hydrogen) atoms. The zero-order chi connectivity index (χ0) is 19.1. The highest BCUT2D eigenvalue weighted by atomic mass is 32.2. The van der Waals surface area contributed by atoms with Crippen molar-refractivity contribution in [3.8, 4) is 0 Å². The van der Waals surface area contributed by atoms with Gasteiger partial charge in [-0.15, -0.1) is 0 Å². The molecule has 7 nitrogen and oxygen atoms in total. The van der Waals surface area contributed by atoms with Gasteiger partial charge in [-0.25, -0.2) is 8.42 Å². The van der Waals surface area contributed by atoms with E-state index in [9.17, 15) is 18.0 Å². The second kappa shape index (κ2) is 7.16. The molecule has 2 amide bonds. The summed E-state index contributed by atoms with van der Waals surface area (Å²) in [6.45, 7) is 1.60. The van der Waals surface area contributed by atoms with Gasteiger partial charge in [-0.3, -0.25) is 14.5 Å². The molecule has 1 aromatic rings. The van der Waals surface area contributed by atoms with E-state index in [2.05, 4.69) is 0 Å². The molecule has 0 saturated carbocycles. The minimum atomic E-state index is -3.10. The maximum absolute atomic E-state index is 12.8. The van der Waals surface area contributed by atoms with Gasteiger partial charge < -0.3 is 9.32 Å². The fourth-order valence-corrected chi connectivity index (χ4v) is 6.16. The lowest BCUT2D eigenvalue weighted by atomic mass is 10.2. The van der Waals surface area contributed by atoms with E-state index in [0.717, 1.165) is 11.8 Å². The molecule has 0 bridgehead atoms. The van der Waals surface area contributed by atoms with Crippen molar-refractivity contribution >= 4 is 56.0 Å². The first kappa shape index (κ1) is 19.1. The van der Waals surface area contributed by atoms with E-state index < -0.39 is 15.9 Å². The molecule has 0 aliphatic carbocycles. The van der Waals surface area contributed by atoms with Crippen LogP contribution < -0.4 is 0 Å². The number of sulfone groups is 1. The number of thiocarbonyl (C=S) groups is 1. The molecule has 10 heteroatoms. The fraction of sp³-hybridized carbons (Fsp3) is 0.438. The zero-order valence-electron chi connectivity index (χ0n) is 14.2. The van der Waals surface area contributed by atoms with Crippen LogP contribution >= 0.6 is 24.0 Å². The van der Waals surface area contributed by atoms with Crippen LogP contribution in [-0.2, 0) is 19.4 Å². The van der Waals surface area contributed by atoms with Gasteiger partial charge in [0.15, 0.2) is 9.84 Å². The van der Waals surface area contributed by atoms with Gasteiger partial charge >= 0.3 is 0 Å². The maximum atomic E-state index is 12.8. The summed E-state index contributed by atoms with van der Waals surface area (Å²) in [6.07, 6.45) is 3.50. The Morgan fingerprint density at radius 2 is 2.27 bits per heavy atom. The van der Waals surface area contributed by atoms with Gasteiger partial charge in [0.2, 0.25) is 5.91 Å². The number of carbonyl (C=O) groups is 2. The number of hydrogen-bond donors (Lipinski definition) is 0. The normalized spacial score (nSPS) is 25.1. The summed E-state index contributed by atoms with van der Waals surface area (Å²) in [7, 11) is -1.53. The largest absolute Gasteiger partial charge is 0.465 e. The van der Waals surface area contributed by atoms with Gasteiger partial charge in [0.05, 0.1) is 22.7 Å². The molecular formula is C16H18N2O5S3. The molecule has 0 radical (unpaired) electrons. The lowest BCUT2D eigenvalue weighted by Gasteiger charge is -2.30. The lowest BCUT2D eigenvalue weighted by molar-refractivity contribution is -0.139. The highest BCUT2D eigenvalue weighted by Crippen LogP contribution is 2.34. The predicted octanol–water partition coefficient (Wildman–Crippen LogP) is 1.51. The smallest absolute Gasteiger partial charge is 0.267 e. The second-order valence-corrected chi connectivity index (χ2v) is 10.2. The van der Waals surface area contributed by atoms with E-state index in [4.69, 9.17) is 16.6 Å². The van der Waals surface area contributed by atoms with Crippen molar-refractivity contribution in [3.63, 3.8) is 0 Å². The van der Waals surface area contributed by atoms with Crippen LogP contribution in [0.2, 0.25) is 0 Å².